The molecule has 1 fully saturated rings. The summed E-state index contributed by atoms with van der Waals surface area (Å²) < 4.78 is 0. The number of hydrogen-bond donors (Lipinski definition) is 2. The van der Waals surface area contributed by atoms with Gasteiger partial charge in [0, 0.05) is 24.3 Å². The Balaban J connectivity index is 1.53. The highest BCUT2D eigenvalue weighted by Gasteiger charge is 2.18. The molecule has 2 aromatic rings. The first-order chi connectivity index (χ1) is 12.2. The van der Waals surface area contributed by atoms with Crippen molar-refractivity contribution in [3.05, 3.63) is 54.6 Å². The van der Waals surface area contributed by atoms with E-state index in [2.05, 4.69) is 10.6 Å². The van der Waals surface area contributed by atoms with Crippen molar-refractivity contribution in [2.45, 2.75) is 12.8 Å². The topological polar surface area (TPSA) is 61.4 Å². The van der Waals surface area contributed by atoms with Gasteiger partial charge in [-0.05, 0) is 24.5 Å². The lowest BCUT2D eigenvalue weighted by Gasteiger charge is -2.16. The smallest absolute Gasteiger partial charge is 0.241 e. The summed E-state index contributed by atoms with van der Waals surface area (Å²) in [5, 5.41) is 5.86. The lowest BCUT2D eigenvalue weighted by Crippen LogP contribution is -2.40. The van der Waals surface area contributed by atoms with Gasteiger partial charge in [0.05, 0.1) is 13.1 Å². The summed E-state index contributed by atoms with van der Waals surface area (Å²) in [4.78, 5) is 25.8. The molecule has 2 amide bonds. The number of hydrogen-bond acceptors (Lipinski definition) is 3. The molecule has 1 aliphatic rings. The van der Waals surface area contributed by atoms with E-state index in [9.17, 15) is 9.59 Å². The van der Waals surface area contributed by atoms with E-state index in [-0.39, 0.29) is 24.9 Å². The predicted molar refractivity (Wildman–Crippen MR) is 99.2 cm³/mol. The van der Waals surface area contributed by atoms with E-state index in [1.54, 1.807) is 4.90 Å². The quantitative estimate of drug-likeness (QED) is 0.851. The first-order valence-corrected chi connectivity index (χ1v) is 8.67. The second-order valence-electron chi connectivity index (χ2n) is 6.13. The van der Waals surface area contributed by atoms with Crippen molar-refractivity contribution in [3.63, 3.8) is 0 Å². The van der Waals surface area contributed by atoms with Gasteiger partial charge in [-0.1, -0.05) is 48.5 Å². The van der Waals surface area contributed by atoms with Gasteiger partial charge in [0.15, 0.2) is 0 Å². The van der Waals surface area contributed by atoms with Crippen LogP contribution in [-0.4, -0.2) is 42.9 Å². The number of likely N-dealkylation sites (tertiary alicyclic amines) is 1. The Hall–Kier alpha value is -2.82. The number of nitrogens with one attached hydrogen (secondary N) is 2. The molecule has 130 valence electrons. The highest BCUT2D eigenvalue weighted by atomic mass is 16.2. The van der Waals surface area contributed by atoms with Crippen LogP contribution in [0.15, 0.2) is 54.6 Å². The van der Waals surface area contributed by atoms with Gasteiger partial charge in [-0.25, -0.2) is 0 Å². The molecule has 0 unspecified atom stereocenters. The molecule has 0 atom stereocenters. The van der Waals surface area contributed by atoms with Crippen LogP contribution in [0.4, 0.5) is 5.69 Å². The SMILES string of the molecule is O=C(CNc1ccccc1-c1ccccc1)NCC(=O)N1CCCC1. The largest absolute Gasteiger partial charge is 0.376 e. The Morgan fingerprint density at radius 1 is 0.880 bits per heavy atom. The molecule has 25 heavy (non-hydrogen) atoms. The fourth-order valence-electron chi connectivity index (χ4n) is 3.00. The maximum atomic E-state index is 12.0. The molecule has 1 heterocycles. The standard InChI is InChI=1S/C20H23N3O2/c24-19(22-15-20(25)23-12-6-7-13-23)14-21-18-11-5-4-10-17(18)16-8-2-1-3-9-16/h1-5,8-11,21H,6-7,12-15H2,(H,22,24). The monoisotopic (exact) mass is 337 g/mol. The zero-order valence-electron chi connectivity index (χ0n) is 14.2. The van der Waals surface area contributed by atoms with Crippen LogP contribution in [0.3, 0.4) is 0 Å². The van der Waals surface area contributed by atoms with Gasteiger partial charge in [0.1, 0.15) is 0 Å². The van der Waals surface area contributed by atoms with Crippen LogP contribution in [0.1, 0.15) is 12.8 Å². The van der Waals surface area contributed by atoms with E-state index < -0.39 is 0 Å². The summed E-state index contributed by atoms with van der Waals surface area (Å²) in [6.07, 6.45) is 2.11. The minimum atomic E-state index is -0.185. The predicted octanol–water partition coefficient (Wildman–Crippen LogP) is 2.50. The van der Waals surface area contributed by atoms with Crippen LogP contribution in [0, 0.1) is 0 Å². The second kappa shape index (κ2) is 8.33. The van der Waals surface area contributed by atoms with Crippen molar-refractivity contribution in [3.8, 4) is 11.1 Å². The van der Waals surface area contributed by atoms with Gasteiger partial charge >= 0.3 is 0 Å². The van der Waals surface area contributed by atoms with Crippen molar-refractivity contribution >= 4 is 17.5 Å². The molecule has 2 aromatic carbocycles. The molecule has 1 aliphatic heterocycles. The van der Waals surface area contributed by atoms with Gasteiger partial charge in [-0.2, -0.15) is 0 Å². The average molecular weight is 337 g/mol. The Kier molecular flexibility index (Phi) is 5.67. The summed E-state index contributed by atoms with van der Waals surface area (Å²) in [7, 11) is 0. The van der Waals surface area contributed by atoms with Gasteiger partial charge in [-0.15, -0.1) is 0 Å². The van der Waals surface area contributed by atoms with E-state index in [4.69, 9.17) is 0 Å². The van der Waals surface area contributed by atoms with Gasteiger partial charge in [-0.3, -0.25) is 9.59 Å². The molecule has 5 heteroatoms. The van der Waals surface area contributed by atoms with Crippen LogP contribution in [0.25, 0.3) is 11.1 Å². The van der Waals surface area contributed by atoms with E-state index >= 15 is 0 Å². The van der Waals surface area contributed by atoms with Crippen molar-refractivity contribution in [1.29, 1.82) is 0 Å². The minimum Gasteiger partial charge on any atom is -0.376 e. The molecule has 0 spiro atoms. The normalized spacial score (nSPS) is 13.5. The van der Waals surface area contributed by atoms with Crippen LogP contribution in [0.2, 0.25) is 0 Å². The average Bonchev–Trinajstić information content (AvgIpc) is 3.20. The van der Waals surface area contributed by atoms with E-state index in [0.717, 1.165) is 42.7 Å². The first-order valence-electron chi connectivity index (χ1n) is 8.67. The van der Waals surface area contributed by atoms with Crippen LogP contribution in [0.5, 0.6) is 0 Å². The number of carbonyl (C=O) groups excluding carboxylic acids is 2. The third kappa shape index (κ3) is 4.59. The fourth-order valence-corrected chi connectivity index (χ4v) is 3.00. The molecular weight excluding hydrogens is 314 g/mol. The van der Waals surface area contributed by atoms with Crippen LogP contribution in [-0.2, 0) is 9.59 Å². The summed E-state index contributed by atoms with van der Waals surface area (Å²) in [5.74, 6) is -0.189. The third-order valence-electron chi connectivity index (χ3n) is 4.35. The molecule has 0 aromatic heterocycles. The summed E-state index contributed by atoms with van der Waals surface area (Å²) in [6, 6.07) is 17.9. The number of rotatable bonds is 6. The zero-order valence-corrected chi connectivity index (χ0v) is 14.2. The maximum absolute atomic E-state index is 12.0. The van der Waals surface area contributed by atoms with Gasteiger partial charge in [0.25, 0.3) is 0 Å². The lowest BCUT2D eigenvalue weighted by atomic mass is 10.0. The highest BCUT2D eigenvalue weighted by molar-refractivity contribution is 5.88. The van der Waals surface area contributed by atoms with Crippen molar-refractivity contribution < 1.29 is 9.59 Å². The second-order valence-corrected chi connectivity index (χ2v) is 6.13. The molecule has 5 nitrogen and oxygen atoms in total. The fraction of sp³-hybridized carbons (Fsp3) is 0.300. The first kappa shape index (κ1) is 17.0. The molecule has 0 aliphatic carbocycles. The van der Waals surface area contributed by atoms with Crippen molar-refractivity contribution in [2.75, 3.05) is 31.5 Å². The molecule has 2 N–H and O–H groups in total. The van der Waals surface area contributed by atoms with Crippen LogP contribution < -0.4 is 10.6 Å². The third-order valence-corrected chi connectivity index (χ3v) is 4.35. The highest BCUT2D eigenvalue weighted by Crippen LogP contribution is 2.27. The lowest BCUT2D eigenvalue weighted by molar-refractivity contribution is -0.131. The Morgan fingerprint density at radius 3 is 2.32 bits per heavy atom. The number of benzene rings is 2. The van der Waals surface area contributed by atoms with Gasteiger partial charge in [0.2, 0.25) is 11.8 Å². The van der Waals surface area contributed by atoms with E-state index in [0.29, 0.717) is 0 Å². The number of amides is 2. The summed E-state index contributed by atoms with van der Waals surface area (Å²) in [6.45, 7) is 1.81. The Morgan fingerprint density at radius 2 is 1.56 bits per heavy atom. The molecule has 0 radical (unpaired) electrons. The Labute approximate surface area is 148 Å². The van der Waals surface area contributed by atoms with Crippen molar-refractivity contribution in [2.24, 2.45) is 0 Å². The van der Waals surface area contributed by atoms with E-state index in [1.807, 2.05) is 54.6 Å². The Bertz CT molecular complexity index is 725. The number of carbonyl (C=O) groups is 2. The number of anilines is 1. The number of nitrogens with zero attached hydrogens (tertiary/aromatic N) is 1. The minimum absolute atomic E-state index is 0.00413. The van der Waals surface area contributed by atoms with E-state index in [1.165, 1.54) is 0 Å². The van der Waals surface area contributed by atoms with Crippen LogP contribution >= 0.6 is 0 Å². The molecule has 0 bridgehead atoms. The van der Waals surface area contributed by atoms with Crippen molar-refractivity contribution in [1.82, 2.24) is 10.2 Å². The summed E-state index contributed by atoms with van der Waals surface area (Å²) >= 11 is 0. The molecule has 3 rings (SSSR count). The number of para-hydroxylation sites is 1. The maximum Gasteiger partial charge on any atom is 0.241 e. The zero-order chi connectivity index (χ0) is 17.5. The molecule has 0 saturated carbocycles. The molecular formula is C20H23N3O2. The summed E-state index contributed by atoms with van der Waals surface area (Å²) in [5.41, 5.74) is 3.04. The van der Waals surface area contributed by atoms with Gasteiger partial charge < -0.3 is 15.5 Å². The molecule has 1 saturated heterocycles.